The van der Waals surface area contributed by atoms with E-state index in [1.807, 2.05) is 6.92 Å². The van der Waals surface area contributed by atoms with Crippen LogP contribution in [0.4, 0.5) is 4.79 Å². The molecular weight excluding hydrogens is 158 g/mol. The van der Waals surface area contributed by atoms with Gasteiger partial charge in [-0.25, -0.2) is 16.1 Å². The molecule has 1 rings (SSSR count). The summed E-state index contributed by atoms with van der Waals surface area (Å²) in [6.07, 6.45) is 1.60. The molecule has 0 spiro atoms. The van der Waals surface area contributed by atoms with Crippen molar-refractivity contribution in [3.63, 3.8) is 0 Å². The Bertz CT molecular complexity index is 234. The van der Waals surface area contributed by atoms with Crippen LogP contribution in [0, 0.1) is 0 Å². The van der Waals surface area contributed by atoms with Gasteiger partial charge in [0.05, 0.1) is 12.3 Å². The molecule has 6 nitrogen and oxygen atoms in total. The summed E-state index contributed by atoms with van der Waals surface area (Å²) in [5.74, 6) is 5.32. The third-order valence-corrected chi connectivity index (χ3v) is 1.31. The Morgan fingerprint density at radius 3 is 3.25 bits per heavy atom. The molecule has 3 N–H and O–H groups in total. The van der Waals surface area contributed by atoms with Crippen molar-refractivity contribution in [3.8, 4) is 0 Å². The number of hydrazine groups is 1. The van der Waals surface area contributed by atoms with Gasteiger partial charge in [0, 0.05) is 12.8 Å². The van der Waals surface area contributed by atoms with Gasteiger partial charge in [-0.1, -0.05) is 0 Å². The van der Waals surface area contributed by atoms with Crippen LogP contribution in [0.25, 0.3) is 0 Å². The number of amides is 2. The third kappa shape index (κ3) is 2.03. The van der Waals surface area contributed by atoms with E-state index in [9.17, 15) is 4.79 Å². The minimum atomic E-state index is -0.399. The van der Waals surface area contributed by atoms with Gasteiger partial charge >= 0.3 is 6.03 Å². The highest BCUT2D eigenvalue weighted by molar-refractivity contribution is 6.32. The molecule has 66 valence electrons. The first kappa shape index (κ1) is 8.66. The fraction of sp³-hybridized carbons (Fsp3) is 0.500. The Morgan fingerprint density at radius 2 is 2.67 bits per heavy atom. The number of hydrazone groups is 1. The number of nitrogens with zero attached hydrogens (tertiary/aromatic N) is 3. The molecule has 0 fully saturated rings. The lowest BCUT2D eigenvalue weighted by atomic mass is 10.4. The second-order valence-electron chi connectivity index (χ2n) is 2.28. The van der Waals surface area contributed by atoms with Gasteiger partial charge < -0.3 is 0 Å². The topological polar surface area (TPSA) is 83.1 Å². The highest BCUT2D eigenvalue weighted by atomic mass is 16.2. The first-order valence-corrected chi connectivity index (χ1v) is 3.62. The monoisotopic (exact) mass is 169 g/mol. The molecule has 1 heterocycles. The smallest absolute Gasteiger partial charge is 0.291 e. The summed E-state index contributed by atoms with van der Waals surface area (Å²) in [5.41, 5.74) is 2.90. The summed E-state index contributed by atoms with van der Waals surface area (Å²) in [7, 11) is 0. The molecule has 0 aromatic heterocycles. The Labute approximate surface area is 70.1 Å². The zero-order valence-electron chi connectivity index (χ0n) is 6.82. The van der Waals surface area contributed by atoms with Gasteiger partial charge in [0.2, 0.25) is 0 Å². The van der Waals surface area contributed by atoms with E-state index in [2.05, 4.69) is 15.5 Å². The molecule has 0 atom stereocenters. The Balaban J connectivity index is 2.58. The number of hydrogen-bond donors (Lipinski definition) is 2. The van der Waals surface area contributed by atoms with Crippen LogP contribution < -0.4 is 11.3 Å². The molecule has 0 aliphatic carbocycles. The van der Waals surface area contributed by atoms with Gasteiger partial charge in [-0.05, 0) is 6.92 Å². The van der Waals surface area contributed by atoms with E-state index in [-0.39, 0.29) is 0 Å². The van der Waals surface area contributed by atoms with Crippen LogP contribution in [-0.2, 0) is 0 Å². The average Bonchev–Trinajstić information content (AvgIpc) is 2.07. The second kappa shape index (κ2) is 3.82. The molecule has 0 unspecified atom stereocenters. The van der Waals surface area contributed by atoms with E-state index in [1.54, 1.807) is 6.21 Å². The van der Waals surface area contributed by atoms with E-state index in [1.165, 1.54) is 0 Å². The number of nitrogens with two attached hydrogens (primary N) is 1. The SMILES string of the molecule is CCN=CC1=NNC(=O)N(N)C1. The number of rotatable bonds is 2. The largest absolute Gasteiger partial charge is 0.352 e. The van der Waals surface area contributed by atoms with Gasteiger partial charge in [-0.15, -0.1) is 0 Å². The van der Waals surface area contributed by atoms with Crippen LogP contribution in [0.5, 0.6) is 0 Å². The van der Waals surface area contributed by atoms with Crippen LogP contribution >= 0.6 is 0 Å². The number of hydrogen-bond acceptors (Lipinski definition) is 4. The van der Waals surface area contributed by atoms with Crippen molar-refractivity contribution in [2.24, 2.45) is 15.9 Å². The van der Waals surface area contributed by atoms with Crippen molar-refractivity contribution in [1.82, 2.24) is 10.4 Å². The summed E-state index contributed by atoms with van der Waals surface area (Å²) in [5, 5.41) is 4.79. The van der Waals surface area contributed by atoms with Gasteiger partial charge in [0.1, 0.15) is 0 Å². The average molecular weight is 169 g/mol. The predicted molar refractivity (Wildman–Crippen MR) is 45.9 cm³/mol. The summed E-state index contributed by atoms with van der Waals surface area (Å²) in [6.45, 7) is 2.91. The predicted octanol–water partition coefficient (Wildman–Crippen LogP) is -0.668. The molecule has 0 saturated carbocycles. The molecule has 0 aromatic carbocycles. The van der Waals surface area contributed by atoms with Crippen LogP contribution in [0.1, 0.15) is 6.92 Å². The Morgan fingerprint density at radius 1 is 1.92 bits per heavy atom. The highest BCUT2D eigenvalue weighted by Crippen LogP contribution is 1.89. The van der Waals surface area contributed by atoms with Crippen LogP contribution in [-0.4, -0.2) is 36.1 Å². The fourth-order valence-corrected chi connectivity index (χ4v) is 0.732. The van der Waals surface area contributed by atoms with Crippen molar-refractivity contribution >= 4 is 18.0 Å². The van der Waals surface area contributed by atoms with Gasteiger partial charge in [0.25, 0.3) is 0 Å². The van der Waals surface area contributed by atoms with Crippen LogP contribution in [0.3, 0.4) is 0 Å². The van der Waals surface area contributed by atoms with Crippen molar-refractivity contribution in [3.05, 3.63) is 0 Å². The van der Waals surface area contributed by atoms with E-state index >= 15 is 0 Å². The van der Waals surface area contributed by atoms with Gasteiger partial charge in [-0.3, -0.25) is 10.0 Å². The minimum Gasteiger partial charge on any atom is -0.291 e. The quantitative estimate of drug-likeness (QED) is 0.326. The normalized spacial score (nSPS) is 18.0. The molecule has 1 aliphatic heterocycles. The van der Waals surface area contributed by atoms with E-state index in [4.69, 9.17) is 5.84 Å². The second-order valence-corrected chi connectivity index (χ2v) is 2.28. The number of aliphatic imine (C=N–C) groups is 1. The van der Waals surface area contributed by atoms with E-state index in [0.717, 1.165) is 5.01 Å². The van der Waals surface area contributed by atoms with Gasteiger partial charge in [0.15, 0.2) is 0 Å². The first-order valence-electron chi connectivity index (χ1n) is 3.62. The minimum absolute atomic E-state index is 0.301. The zero-order valence-corrected chi connectivity index (χ0v) is 6.82. The maximum Gasteiger partial charge on any atom is 0.352 e. The van der Waals surface area contributed by atoms with Crippen molar-refractivity contribution in [2.45, 2.75) is 6.92 Å². The van der Waals surface area contributed by atoms with Crippen molar-refractivity contribution in [1.29, 1.82) is 0 Å². The molecule has 1 aliphatic rings. The number of carbonyl (C=O) groups is 1. The molecule has 0 radical (unpaired) electrons. The lowest BCUT2D eigenvalue weighted by Crippen LogP contribution is -2.50. The van der Waals surface area contributed by atoms with E-state index < -0.39 is 6.03 Å². The molecular formula is C6H11N5O. The number of carbonyl (C=O) groups excluding carboxylic acids is 1. The lowest BCUT2D eigenvalue weighted by molar-refractivity contribution is 0.203. The molecule has 0 aromatic rings. The van der Waals surface area contributed by atoms with Crippen LogP contribution in [0.15, 0.2) is 10.1 Å². The summed E-state index contributed by atoms with van der Waals surface area (Å²) in [6, 6.07) is -0.399. The standard InChI is InChI=1S/C6H11N5O/c1-2-8-3-5-4-11(7)6(12)10-9-5/h3H,2,4,7H2,1H3,(H,10,12). The summed E-state index contributed by atoms with van der Waals surface area (Å²) >= 11 is 0. The maximum absolute atomic E-state index is 10.8. The lowest BCUT2D eigenvalue weighted by Gasteiger charge is -2.19. The first-order chi connectivity index (χ1) is 5.74. The van der Waals surface area contributed by atoms with Gasteiger partial charge in [-0.2, -0.15) is 5.10 Å². The fourth-order valence-electron chi connectivity index (χ4n) is 0.732. The highest BCUT2D eigenvalue weighted by Gasteiger charge is 2.15. The van der Waals surface area contributed by atoms with E-state index in [0.29, 0.717) is 18.8 Å². The Kier molecular flexibility index (Phi) is 2.76. The molecule has 12 heavy (non-hydrogen) atoms. The zero-order chi connectivity index (χ0) is 8.97. The van der Waals surface area contributed by atoms with Crippen LogP contribution in [0.2, 0.25) is 0 Å². The van der Waals surface area contributed by atoms with Crippen molar-refractivity contribution in [2.75, 3.05) is 13.1 Å². The number of urea groups is 1. The summed E-state index contributed by atoms with van der Waals surface area (Å²) in [4.78, 5) is 14.7. The van der Waals surface area contributed by atoms with Crippen molar-refractivity contribution < 1.29 is 4.79 Å². The maximum atomic E-state index is 10.8. The molecule has 6 heteroatoms. The third-order valence-electron chi connectivity index (χ3n) is 1.31. The number of nitrogens with one attached hydrogen (secondary N) is 1. The summed E-state index contributed by atoms with van der Waals surface area (Å²) < 4.78 is 0. The molecule has 2 amide bonds. The Hall–Kier alpha value is -1.43. The molecule has 0 saturated heterocycles. The molecule has 0 bridgehead atoms.